The summed E-state index contributed by atoms with van der Waals surface area (Å²) in [5.41, 5.74) is 0.855. The van der Waals surface area contributed by atoms with Crippen LogP contribution in [-0.4, -0.2) is 43.9 Å². The number of amides is 1. The predicted octanol–water partition coefficient (Wildman–Crippen LogP) is 1.67. The van der Waals surface area contributed by atoms with Crippen LogP contribution in [0.2, 0.25) is 0 Å². The summed E-state index contributed by atoms with van der Waals surface area (Å²) in [6.45, 7) is 7.66. The molecule has 130 valence electrons. The summed E-state index contributed by atoms with van der Waals surface area (Å²) in [5, 5.41) is 24.7. The number of carbonyl (C=O) groups is 1. The lowest BCUT2D eigenvalue weighted by Crippen LogP contribution is -2.44. The van der Waals surface area contributed by atoms with E-state index in [-0.39, 0.29) is 30.4 Å². The van der Waals surface area contributed by atoms with Crippen LogP contribution in [0, 0.1) is 11.8 Å². The second kappa shape index (κ2) is 8.01. The van der Waals surface area contributed by atoms with Crippen molar-refractivity contribution in [1.82, 2.24) is 25.5 Å². The number of hydrogen-bond donors (Lipinski definition) is 2. The molecule has 0 fully saturated rings. The second-order valence-electron chi connectivity index (χ2n) is 6.45. The zero-order valence-corrected chi connectivity index (χ0v) is 14.5. The van der Waals surface area contributed by atoms with Gasteiger partial charge < -0.3 is 10.4 Å². The van der Waals surface area contributed by atoms with E-state index in [1.54, 1.807) is 0 Å². The molecule has 2 aromatic rings. The highest BCUT2D eigenvalue weighted by atomic mass is 16.3. The van der Waals surface area contributed by atoms with Gasteiger partial charge in [-0.15, -0.1) is 10.2 Å². The Labute approximate surface area is 142 Å². The van der Waals surface area contributed by atoms with Crippen molar-refractivity contribution in [2.75, 3.05) is 6.61 Å². The predicted molar refractivity (Wildman–Crippen MR) is 91.0 cm³/mol. The van der Waals surface area contributed by atoms with Gasteiger partial charge in [-0.1, -0.05) is 51.1 Å². The van der Waals surface area contributed by atoms with Crippen LogP contribution in [0.15, 0.2) is 30.3 Å². The zero-order chi connectivity index (χ0) is 17.7. The van der Waals surface area contributed by atoms with Crippen molar-refractivity contribution in [2.24, 2.45) is 11.8 Å². The van der Waals surface area contributed by atoms with E-state index in [9.17, 15) is 9.90 Å². The lowest BCUT2D eigenvalue weighted by Gasteiger charge is -2.24. The molecule has 7 heteroatoms. The molecule has 1 heterocycles. The maximum absolute atomic E-state index is 12.6. The first-order valence-electron chi connectivity index (χ1n) is 8.20. The summed E-state index contributed by atoms with van der Waals surface area (Å²) >= 11 is 0. The Kier molecular flexibility index (Phi) is 6.03. The van der Waals surface area contributed by atoms with Crippen LogP contribution in [0.25, 0.3) is 11.4 Å². The Hall–Kier alpha value is -2.28. The van der Waals surface area contributed by atoms with Gasteiger partial charge in [0.25, 0.3) is 0 Å². The maximum atomic E-state index is 12.6. The second-order valence-corrected chi connectivity index (χ2v) is 6.45. The van der Waals surface area contributed by atoms with Gasteiger partial charge >= 0.3 is 0 Å². The molecule has 1 aromatic carbocycles. The first-order valence-corrected chi connectivity index (χ1v) is 8.20. The van der Waals surface area contributed by atoms with E-state index >= 15 is 0 Å². The number of nitrogens with one attached hydrogen (secondary N) is 1. The van der Waals surface area contributed by atoms with Gasteiger partial charge in [0, 0.05) is 18.2 Å². The Morgan fingerprint density at radius 3 is 2.46 bits per heavy atom. The van der Waals surface area contributed by atoms with Crippen LogP contribution < -0.4 is 5.32 Å². The molecule has 24 heavy (non-hydrogen) atoms. The lowest BCUT2D eigenvalue weighted by atomic mass is 10.0. The molecule has 0 saturated carbocycles. The third-order valence-corrected chi connectivity index (χ3v) is 4.12. The number of aliphatic hydroxyl groups excluding tert-OH is 1. The number of tetrazole rings is 1. The fourth-order valence-electron chi connectivity index (χ4n) is 2.33. The largest absolute Gasteiger partial charge is 0.396 e. The van der Waals surface area contributed by atoms with Gasteiger partial charge in [0.2, 0.25) is 11.7 Å². The Bertz CT molecular complexity index is 656. The zero-order valence-electron chi connectivity index (χ0n) is 14.5. The summed E-state index contributed by atoms with van der Waals surface area (Å²) < 4.78 is 0. The van der Waals surface area contributed by atoms with Gasteiger partial charge in [-0.05, 0) is 24.0 Å². The molecule has 0 aliphatic heterocycles. The average Bonchev–Trinajstić information content (AvgIpc) is 3.04. The fraction of sp³-hybridized carbons (Fsp3) is 0.529. The molecule has 0 bridgehead atoms. The number of rotatable bonds is 7. The maximum Gasteiger partial charge on any atom is 0.247 e. The van der Waals surface area contributed by atoms with Crippen molar-refractivity contribution in [1.29, 1.82) is 0 Å². The summed E-state index contributed by atoms with van der Waals surface area (Å²) in [7, 11) is 0. The highest BCUT2D eigenvalue weighted by Gasteiger charge is 2.29. The number of carbonyl (C=O) groups excluding carboxylic acids is 1. The quantitative estimate of drug-likeness (QED) is 0.805. The molecule has 3 unspecified atom stereocenters. The highest BCUT2D eigenvalue weighted by molar-refractivity contribution is 5.80. The van der Waals surface area contributed by atoms with Crippen LogP contribution in [0.1, 0.15) is 33.7 Å². The minimum absolute atomic E-state index is 0.000504. The molecule has 1 amide bonds. The minimum atomic E-state index is -0.552. The third-order valence-electron chi connectivity index (χ3n) is 4.12. The third kappa shape index (κ3) is 4.17. The van der Waals surface area contributed by atoms with Crippen LogP contribution in [-0.2, 0) is 4.79 Å². The van der Waals surface area contributed by atoms with Crippen molar-refractivity contribution >= 4 is 5.91 Å². The number of nitrogens with zero attached hydrogens (tertiary/aromatic N) is 4. The first-order chi connectivity index (χ1) is 11.4. The monoisotopic (exact) mass is 331 g/mol. The summed E-state index contributed by atoms with van der Waals surface area (Å²) in [5.74, 6) is 0.297. The number of aliphatic hydroxyl groups is 1. The van der Waals surface area contributed by atoms with Crippen molar-refractivity contribution in [3.8, 4) is 11.4 Å². The molecule has 2 rings (SSSR count). The van der Waals surface area contributed by atoms with Gasteiger partial charge in [0.15, 0.2) is 6.04 Å². The van der Waals surface area contributed by atoms with E-state index in [2.05, 4.69) is 20.7 Å². The van der Waals surface area contributed by atoms with Crippen molar-refractivity contribution in [2.45, 2.75) is 39.8 Å². The summed E-state index contributed by atoms with van der Waals surface area (Å²) in [6, 6.07) is 8.83. The van der Waals surface area contributed by atoms with Gasteiger partial charge in [0.05, 0.1) is 0 Å². The topological polar surface area (TPSA) is 92.9 Å². The van der Waals surface area contributed by atoms with Gasteiger partial charge in [0.1, 0.15) is 0 Å². The standard InChI is InChI=1S/C17H25N5O2/c1-11(2)15(17(24)18-13(4)12(3)10-23)22-20-16(19-21-22)14-8-6-5-7-9-14/h5-9,11-13,15,23H,10H2,1-4H3,(H,18,24). The number of benzene rings is 1. The summed E-state index contributed by atoms with van der Waals surface area (Å²) in [4.78, 5) is 14.0. The molecular weight excluding hydrogens is 306 g/mol. The Morgan fingerprint density at radius 2 is 1.88 bits per heavy atom. The van der Waals surface area contributed by atoms with Gasteiger partial charge in [-0.2, -0.15) is 4.80 Å². The van der Waals surface area contributed by atoms with E-state index in [1.165, 1.54) is 4.80 Å². The molecule has 0 radical (unpaired) electrons. The van der Waals surface area contributed by atoms with E-state index in [0.29, 0.717) is 5.82 Å². The van der Waals surface area contributed by atoms with Crippen molar-refractivity contribution in [3.05, 3.63) is 30.3 Å². The molecule has 0 spiro atoms. The number of aromatic nitrogens is 4. The Morgan fingerprint density at radius 1 is 1.21 bits per heavy atom. The molecule has 1 aromatic heterocycles. The van der Waals surface area contributed by atoms with Crippen molar-refractivity contribution < 1.29 is 9.90 Å². The van der Waals surface area contributed by atoms with Gasteiger partial charge in [-0.25, -0.2) is 0 Å². The van der Waals surface area contributed by atoms with Gasteiger partial charge in [-0.3, -0.25) is 4.79 Å². The smallest absolute Gasteiger partial charge is 0.247 e. The molecule has 0 aliphatic rings. The molecule has 7 nitrogen and oxygen atoms in total. The molecule has 2 N–H and O–H groups in total. The van der Waals surface area contributed by atoms with Crippen LogP contribution >= 0.6 is 0 Å². The van der Waals surface area contributed by atoms with E-state index in [0.717, 1.165) is 5.56 Å². The van der Waals surface area contributed by atoms with Crippen molar-refractivity contribution in [3.63, 3.8) is 0 Å². The lowest BCUT2D eigenvalue weighted by molar-refractivity contribution is -0.127. The fourth-order valence-corrected chi connectivity index (χ4v) is 2.33. The Balaban J connectivity index is 2.19. The number of hydrogen-bond acceptors (Lipinski definition) is 5. The molecule has 0 saturated heterocycles. The van der Waals surface area contributed by atoms with Crippen LogP contribution in [0.3, 0.4) is 0 Å². The molecule has 0 aliphatic carbocycles. The van der Waals surface area contributed by atoms with Crippen LogP contribution in [0.4, 0.5) is 0 Å². The molecular formula is C17H25N5O2. The minimum Gasteiger partial charge on any atom is -0.396 e. The van der Waals surface area contributed by atoms with E-state index in [4.69, 9.17) is 0 Å². The average molecular weight is 331 g/mol. The SMILES string of the molecule is CC(C)C(C(=O)NC(C)C(C)CO)n1nnc(-c2ccccc2)n1. The van der Waals surface area contributed by atoms with E-state index < -0.39 is 6.04 Å². The van der Waals surface area contributed by atoms with Crippen LogP contribution in [0.5, 0.6) is 0 Å². The molecule has 3 atom stereocenters. The first kappa shape index (κ1) is 18.1. The normalized spacial score (nSPS) is 15.1. The van der Waals surface area contributed by atoms with E-state index in [1.807, 2.05) is 58.0 Å². The summed E-state index contributed by atoms with van der Waals surface area (Å²) in [6.07, 6.45) is 0. The highest BCUT2D eigenvalue weighted by Crippen LogP contribution is 2.19.